The van der Waals surface area contributed by atoms with E-state index >= 15 is 0 Å². The molecule has 0 amide bonds. The number of carbonyl (C=O) groups is 1. The van der Waals surface area contributed by atoms with E-state index < -0.39 is 11.6 Å². The molecule has 3 fully saturated rings. The predicted octanol–water partition coefficient (Wildman–Crippen LogP) is 1.94. The Kier molecular flexibility index (Phi) is 2.30. The molecular formula is C11H18O3. The first-order valence-electron chi connectivity index (χ1n) is 5.48. The second-order valence-corrected chi connectivity index (χ2v) is 5.12. The van der Waals surface area contributed by atoms with Crippen molar-refractivity contribution in [3.63, 3.8) is 0 Å². The van der Waals surface area contributed by atoms with Crippen LogP contribution in [0.25, 0.3) is 0 Å². The van der Waals surface area contributed by atoms with Gasteiger partial charge in [-0.1, -0.05) is 0 Å². The van der Waals surface area contributed by atoms with Crippen molar-refractivity contribution in [3.8, 4) is 0 Å². The number of rotatable bonds is 3. The van der Waals surface area contributed by atoms with Crippen molar-refractivity contribution >= 4 is 5.97 Å². The quantitative estimate of drug-likeness (QED) is 0.728. The lowest BCUT2D eigenvalue weighted by Crippen LogP contribution is -2.45. The van der Waals surface area contributed by atoms with Crippen molar-refractivity contribution in [1.82, 2.24) is 0 Å². The summed E-state index contributed by atoms with van der Waals surface area (Å²) in [6.45, 7) is 0. The molecule has 14 heavy (non-hydrogen) atoms. The third kappa shape index (κ3) is 1.78. The maximum Gasteiger partial charge on any atom is 0.303 e. The van der Waals surface area contributed by atoms with Crippen LogP contribution in [-0.2, 0) is 4.79 Å². The molecule has 3 aliphatic rings. The van der Waals surface area contributed by atoms with Crippen molar-refractivity contribution < 1.29 is 15.0 Å². The van der Waals surface area contributed by atoms with Gasteiger partial charge in [-0.3, -0.25) is 4.79 Å². The topological polar surface area (TPSA) is 57.5 Å². The van der Waals surface area contributed by atoms with Gasteiger partial charge >= 0.3 is 5.97 Å². The van der Waals surface area contributed by atoms with Crippen LogP contribution in [0.1, 0.15) is 51.4 Å². The fraction of sp³-hybridized carbons (Fsp3) is 0.909. The fourth-order valence-electron chi connectivity index (χ4n) is 2.99. The Labute approximate surface area is 84.1 Å². The van der Waals surface area contributed by atoms with E-state index in [9.17, 15) is 9.90 Å². The highest BCUT2D eigenvalue weighted by Crippen LogP contribution is 2.54. The van der Waals surface area contributed by atoms with Gasteiger partial charge in [0, 0.05) is 6.42 Å². The van der Waals surface area contributed by atoms with Crippen molar-refractivity contribution in [3.05, 3.63) is 0 Å². The minimum Gasteiger partial charge on any atom is -0.481 e. The average molecular weight is 198 g/mol. The zero-order valence-electron chi connectivity index (χ0n) is 8.46. The molecule has 0 aliphatic heterocycles. The third-order valence-electron chi connectivity index (χ3n) is 4.23. The van der Waals surface area contributed by atoms with Crippen molar-refractivity contribution in [2.75, 3.05) is 0 Å². The highest BCUT2D eigenvalue weighted by atomic mass is 16.4. The van der Waals surface area contributed by atoms with E-state index in [0.717, 1.165) is 44.9 Å². The molecule has 3 aliphatic carbocycles. The summed E-state index contributed by atoms with van der Waals surface area (Å²) in [7, 11) is 0. The monoisotopic (exact) mass is 198 g/mol. The van der Waals surface area contributed by atoms with E-state index in [1.807, 2.05) is 0 Å². The van der Waals surface area contributed by atoms with E-state index in [1.165, 1.54) is 0 Å². The van der Waals surface area contributed by atoms with Gasteiger partial charge in [-0.25, -0.2) is 0 Å². The summed E-state index contributed by atoms with van der Waals surface area (Å²) in [6, 6.07) is 0. The molecule has 0 spiro atoms. The summed E-state index contributed by atoms with van der Waals surface area (Å²) >= 11 is 0. The fourth-order valence-corrected chi connectivity index (χ4v) is 2.99. The zero-order valence-corrected chi connectivity index (χ0v) is 8.46. The molecule has 0 atom stereocenters. The summed E-state index contributed by atoms with van der Waals surface area (Å²) in [6.07, 6.45) is 6.81. The Morgan fingerprint density at radius 1 is 1.07 bits per heavy atom. The van der Waals surface area contributed by atoms with Gasteiger partial charge in [-0.15, -0.1) is 0 Å². The number of carboxylic acids is 1. The number of hydrogen-bond donors (Lipinski definition) is 2. The van der Waals surface area contributed by atoms with Gasteiger partial charge in [0.1, 0.15) is 0 Å². The Hall–Kier alpha value is -0.570. The summed E-state index contributed by atoms with van der Waals surface area (Å²) in [5.41, 5.74) is -0.145. The molecule has 0 aromatic rings. The summed E-state index contributed by atoms with van der Waals surface area (Å²) in [5, 5.41) is 18.7. The van der Waals surface area contributed by atoms with Gasteiger partial charge in [0.05, 0.1) is 5.60 Å². The van der Waals surface area contributed by atoms with Crippen LogP contribution in [0.2, 0.25) is 0 Å². The van der Waals surface area contributed by atoms with E-state index in [0.29, 0.717) is 6.42 Å². The van der Waals surface area contributed by atoms with Crippen LogP contribution >= 0.6 is 0 Å². The minimum atomic E-state index is -0.689. The van der Waals surface area contributed by atoms with Gasteiger partial charge in [-0.05, 0) is 50.4 Å². The normalized spacial score (nSPS) is 41.2. The highest BCUT2D eigenvalue weighted by molar-refractivity contribution is 5.66. The van der Waals surface area contributed by atoms with E-state index in [1.54, 1.807) is 0 Å². The number of carboxylic acid groups (broad SMARTS) is 1. The van der Waals surface area contributed by atoms with E-state index in [-0.39, 0.29) is 5.41 Å². The van der Waals surface area contributed by atoms with Gasteiger partial charge in [0.15, 0.2) is 0 Å². The molecule has 0 saturated heterocycles. The zero-order chi connectivity index (χ0) is 10.2. The molecule has 2 N–H and O–H groups in total. The number of aliphatic carboxylic acids is 1. The minimum absolute atomic E-state index is 0.253. The molecule has 80 valence electrons. The second kappa shape index (κ2) is 3.23. The van der Waals surface area contributed by atoms with Gasteiger partial charge in [0.2, 0.25) is 0 Å². The first kappa shape index (κ1) is 9.97. The molecule has 0 radical (unpaired) electrons. The Morgan fingerprint density at radius 3 is 2.00 bits per heavy atom. The largest absolute Gasteiger partial charge is 0.481 e. The molecular weight excluding hydrogens is 180 g/mol. The molecule has 0 aromatic heterocycles. The van der Waals surface area contributed by atoms with Gasteiger partial charge in [0.25, 0.3) is 0 Å². The molecule has 3 rings (SSSR count). The molecule has 3 nitrogen and oxygen atoms in total. The summed E-state index contributed by atoms with van der Waals surface area (Å²) in [4.78, 5) is 10.5. The molecule has 3 saturated carbocycles. The molecule has 0 heterocycles. The lowest BCUT2D eigenvalue weighted by molar-refractivity contribution is -0.139. The van der Waals surface area contributed by atoms with Crippen LogP contribution in [0.15, 0.2) is 0 Å². The van der Waals surface area contributed by atoms with Crippen molar-refractivity contribution in [2.45, 2.75) is 57.0 Å². The SMILES string of the molecule is O=C(O)CCC12CCC(O)(CC1)CC2. The van der Waals surface area contributed by atoms with Crippen LogP contribution in [0.3, 0.4) is 0 Å². The predicted molar refractivity (Wildman–Crippen MR) is 52.0 cm³/mol. The van der Waals surface area contributed by atoms with Crippen LogP contribution in [-0.4, -0.2) is 21.8 Å². The molecule has 2 bridgehead atoms. The van der Waals surface area contributed by atoms with E-state index in [2.05, 4.69) is 0 Å². The van der Waals surface area contributed by atoms with Crippen molar-refractivity contribution in [2.24, 2.45) is 5.41 Å². The smallest absolute Gasteiger partial charge is 0.303 e. The van der Waals surface area contributed by atoms with Crippen molar-refractivity contribution in [1.29, 1.82) is 0 Å². The standard InChI is InChI=1S/C11H18O3/c12-9(13)1-2-10-3-6-11(14,7-4-10)8-5-10/h14H,1-8H2,(H,12,13). The first-order chi connectivity index (χ1) is 6.54. The molecule has 3 heteroatoms. The Morgan fingerprint density at radius 2 is 1.57 bits per heavy atom. The first-order valence-corrected chi connectivity index (χ1v) is 5.48. The van der Waals surface area contributed by atoms with Crippen LogP contribution in [0, 0.1) is 5.41 Å². The second-order valence-electron chi connectivity index (χ2n) is 5.12. The number of aliphatic hydroxyl groups is 1. The van der Waals surface area contributed by atoms with Crippen LogP contribution in [0.5, 0.6) is 0 Å². The average Bonchev–Trinajstić information content (AvgIpc) is 2.17. The van der Waals surface area contributed by atoms with E-state index in [4.69, 9.17) is 5.11 Å². The highest BCUT2D eigenvalue weighted by Gasteiger charge is 2.47. The van der Waals surface area contributed by atoms with Gasteiger partial charge < -0.3 is 10.2 Å². The summed E-state index contributed by atoms with van der Waals surface area (Å²) in [5.74, 6) is -0.689. The Bertz CT molecular complexity index is 222. The molecule has 0 unspecified atom stereocenters. The Balaban J connectivity index is 1.95. The van der Waals surface area contributed by atoms with Crippen LogP contribution in [0.4, 0.5) is 0 Å². The van der Waals surface area contributed by atoms with Crippen LogP contribution < -0.4 is 0 Å². The van der Waals surface area contributed by atoms with Gasteiger partial charge in [-0.2, -0.15) is 0 Å². The maximum atomic E-state index is 10.5. The lowest BCUT2D eigenvalue weighted by atomic mass is 9.57. The molecule has 0 aromatic carbocycles. The number of fused-ring (bicyclic) bond motifs is 3. The lowest BCUT2D eigenvalue weighted by Gasteiger charge is -2.51. The maximum absolute atomic E-state index is 10.5. The third-order valence-corrected chi connectivity index (χ3v) is 4.23. The summed E-state index contributed by atoms with van der Waals surface area (Å²) < 4.78 is 0. The number of hydrogen-bond acceptors (Lipinski definition) is 2.